The molecule has 1 aromatic rings. The molecule has 0 saturated carbocycles. The van der Waals surface area contributed by atoms with E-state index in [-0.39, 0.29) is 0 Å². The Kier molecular flexibility index (Phi) is 3.46. The monoisotopic (exact) mass is 224 g/mol. The van der Waals surface area contributed by atoms with Crippen LogP contribution >= 0.6 is 0 Å². The van der Waals surface area contributed by atoms with Gasteiger partial charge in [-0.25, -0.2) is 0 Å². The maximum Gasteiger partial charge on any atom is 0.297 e. The summed E-state index contributed by atoms with van der Waals surface area (Å²) in [6, 6.07) is 1.24. The Bertz CT molecular complexity index is 336. The zero-order valence-electron chi connectivity index (χ0n) is 10.0. The first-order valence-electron chi connectivity index (χ1n) is 5.76. The summed E-state index contributed by atoms with van der Waals surface area (Å²) in [7, 11) is 4.19. The number of oxazole rings is 1. The van der Waals surface area contributed by atoms with Crippen molar-refractivity contribution in [1.29, 1.82) is 0 Å². The summed E-state index contributed by atoms with van der Waals surface area (Å²) in [4.78, 5) is 8.84. The molecule has 1 atom stereocenters. The van der Waals surface area contributed by atoms with Crippen molar-refractivity contribution in [2.45, 2.75) is 25.4 Å². The molecule has 0 spiro atoms. The third kappa shape index (κ3) is 2.36. The van der Waals surface area contributed by atoms with Crippen LogP contribution in [-0.2, 0) is 6.54 Å². The fourth-order valence-electron chi connectivity index (χ4n) is 2.22. The largest absolute Gasteiger partial charge is 0.432 e. The van der Waals surface area contributed by atoms with Crippen LogP contribution in [0, 0.1) is 0 Å². The highest BCUT2D eigenvalue weighted by Gasteiger charge is 2.28. The number of nitrogens with zero attached hydrogens (tertiary/aromatic N) is 3. The fraction of sp³-hybridized carbons (Fsp3) is 0.727. The van der Waals surface area contributed by atoms with Crippen molar-refractivity contribution in [3.8, 4) is 0 Å². The normalized spacial score (nSPS) is 21.0. The Morgan fingerprint density at radius 1 is 1.62 bits per heavy atom. The molecular weight excluding hydrogens is 204 g/mol. The number of likely N-dealkylation sites (N-methyl/N-ethyl adjacent to an activating group) is 1. The SMILES string of the molecule is CN(C)CC1CCCN1c1nc(CN)co1. The first-order valence-corrected chi connectivity index (χ1v) is 5.76. The van der Waals surface area contributed by atoms with E-state index in [2.05, 4.69) is 28.9 Å². The van der Waals surface area contributed by atoms with E-state index >= 15 is 0 Å². The second-order valence-electron chi connectivity index (χ2n) is 4.58. The van der Waals surface area contributed by atoms with Gasteiger partial charge in [-0.1, -0.05) is 0 Å². The second kappa shape index (κ2) is 4.84. The third-order valence-electron chi connectivity index (χ3n) is 2.95. The number of hydrogen-bond donors (Lipinski definition) is 1. The standard InChI is InChI=1S/C11H20N4O/c1-14(2)7-10-4-3-5-15(10)11-13-9(6-12)8-16-11/h8,10H,3-7,12H2,1-2H3. The van der Waals surface area contributed by atoms with Crippen LogP contribution in [0.5, 0.6) is 0 Å². The lowest BCUT2D eigenvalue weighted by Gasteiger charge is -2.25. The number of aromatic nitrogens is 1. The average molecular weight is 224 g/mol. The van der Waals surface area contributed by atoms with Crippen molar-refractivity contribution in [1.82, 2.24) is 9.88 Å². The Hall–Kier alpha value is -1.07. The van der Waals surface area contributed by atoms with Crippen LogP contribution in [0.1, 0.15) is 18.5 Å². The quantitative estimate of drug-likeness (QED) is 0.814. The Morgan fingerprint density at radius 2 is 2.44 bits per heavy atom. The molecule has 2 heterocycles. The van der Waals surface area contributed by atoms with E-state index in [0.29, 0.717) is 12.6 Å². The summed E-state index contributed by atoms with van der Waals surface area (Å²) in [5, 5.41) is 0. The number of hydrogen-bond acceptors (Lipinski definition) is 5. The van der Waals surface area contributed by atoms with Crippen molar-refractivity contribution in [3.05, 3.63) is 12.0 Å². The van der Waals surface area contributed by atoms with Gasteiger partial charge in [0.25, 0.3) is 6.01 Å². The molecule has 1 aliphatic heterocycles. The van der Waals surface area contributed by atoms with Crippen molar-refractivity contribution in [2.75, 3.05) is 32.1 Å². The van der Waals surface area contributed by atoms with Crippen LogP contribution < -0.4 is 10.6 Å². The maximum atomic E-state index is 5.53. The van der Waals surface area contributed by atoms with E-state index in [1.54, 1.807) is 6.26 Å². The van der Waals surface area contributed by atoms with E-state index in [1.807, 2.05) is 0 Å². The molecule has 1 aliphatic rings. The lowest BCUT2D eigenvalue weighted by molar-refractivity contribution is 0.365. The van der Waals surface area contributed by atoms with Crippen molar-refractivity contribution < 1.29 is 4.42 Å². The summed E-state index contributed by atoms with van der Waals surface area (Å²) >= 11 is 0. The van der Waals surface area contributed by atoms with Crippen LogP contribution in [0.2, 0.25) is 0 Å². The van der Waals surface area contributed by atoms with Crippen LogP contribution in [0.25, 0.3) is 0 Å². The van der Waals surface area contributed by atoms with Gasteiger partial charge in [-0.2, -0.15) is 4.98 Å². The molecule has 2 N–H and O–H groups in total. The lowest BCUT2D eigenvalue weighted by Crippen LogP contribution is -2.37. The molecule has 90 valence electrons. The van der Waals surface area contributed by atoms with Gasteiger partial charge in [0.2, 0.25) is 0 Å². The second-order valence-corrected chi connectivity index (χ2v) is 4.58. The summed E-state index contributed by atoms with van der Waals surface area (Å²) < 4.78 is 5.47. The van der Waals surface area contributed by atoms with Crippen LogP contribution in [-0.4, -0.2) is 43.1 Å². The highest BCUT2D eigenvalue weighted by molar-refractivity contribution is 5.31. The van der Waals surface area contributed by atoms with Gasteiger partial charge in [0.05, 0.1) is 5.69 Å². The number of anilines is 1. The molecule has 0 amide bonds. The van der Waals surface area contributed by atoms with Gasteiger partial charge in [0.15, 0.2) is 0 Å². The zero-order valence-corrected chi connectivity index (χ0v) is 10.0. The van der Waals surface area contributed by atoms with Gasteiger partial charge in [0, 0.05) is 25.7 Å². The topological polar surface area (TPSA) is 58.5 Å². The average Bonchev–Trinajstić information content (AvgIpc) is 2.84. The van der Waals surface area contributed by atoms with Crippen LogP contribution in [0.3, 0.4) is 0 Å². The van der Waals surface area contributed by atoms with Gasteiger partial charge in [-0.3, -0.25) is 0 Å². The smallest absolute Gasteiger partial charge is 0.297 e. The van der Waals surface area contributed by atoms with Gasteiger partial charge in [0.1, 0.15) is 6.26 Å². The van der Waals surface area contributed by atoms with Crippen molar-refractivity contribution in [2.24, 2.45) is 5.73 Å². The molecule has 1 saturated heterocycles. The summed E-state index contributed by atoms with van der Waals surface area (Å²) in [5.74, 6) is 0. The van der Waals surface area contributed by atoms with Gasteiger partial charge in [-0.05, 0) is 26.9 Å². The summed E-state index contributed by atoms with van der Waals surface area (Å²) in [5.41, 5.74) is 6.35. The molecule has 1 unspecified atom stereocenters. The van der Waals surface area contributed by atoms with Gasteiger partial charge < -0.3 is 20.0 Å². The van der Waals surface area contributed by atoms with E-state index in [4.69, 9.17) is 10.2 Å². The predicted octanol–water partition coefficient (Wildman–Crippen LogP) is 0.664. The highest BCUT2D eigenvalue weighted by Crippen LogP contribution is 2.25. The third-order valence-corrected chi connectivity index (χ3v) is 2.95. The fourth-order valence-corrected chi connectivity index (χ4v) is 2.22. The molecule has 5 heteroatoms. The van der Waals surface area contributed by atoms with Crippen molar-refractivity contribution in [3.63, 3.8) is 0 Å². The lowest BCUT2D eigenvalue weighted by atomic mass is 10.2. The Morgan fingerprint density at radius 3 is 3.06 bits per heavy atom. The van der Waals surface area contributed by atoms with Crippen molar-refractivity contribution >= 4 is 6.01 Å². The molecule has 0 bridgehead atoms. The predicted molar refractivity (Wildman–Crippen MR) is 63.3 cm³/mol. The molecule has 0 aromatic carbocycles. The molecule has 0 aliphatic carbocycles. The highest BCUT2D eigenvalue weighted by atomic mass is 16.4. The molecule has 1 fully saturated rings. The van der Waals surface area contributed by atoms with E-state index in [0.717, 1.165) is 24.8 Å². The first-order chi connectivity index (χ1) is 7.70. The minimum Gasteiger partial charge on any atom is -0.432 e. The summed E-state index contributed by atoms with van der Waals surface area (Å²) in [6.45, 7) is 2.51. The minimum absolute atomic E-state index is 0.440. The van der Waals surface area contributed by atoms with E-state index in [1.165, 1.54) is 12.8 Å². The van der Waals surface area contributed by atoms with E-state index in [9.17, 15) is 0 Å². The number of rotatable bonds is 4. The van der Waals surface area contributed by atoms with Gasteiger partial charge in [-0.15, -0.1) is 0 Å². The van der Waals surface area contributed by atoms with E-state index < -0.39 is 0 Å². The molecular formula is C11H20N4O. The van der Waals surface area contributed by atoms with Crippen LogP contribution in [0.4, 0.5) is 6.01 Å². The first kappa shape index (κ1) is 11.4. The Balaban J connectivity index is 2.07. The number of nitrogens with two attached hydrogens (primary N) is 1. The molecule has 2 rings (SSSR count). The maximum absolute atomic E-state index is 5.53. The molecule has 16 heavy (non-hydrogen) atoms. The molecule has 0 radical (unpaired) electrons. The molecule has 1 aromatic heterocycles. The Labute approximate surface area is 96.2 Å². The molecule has 5 nitrogen and oxygen atoms in total. The zero-order chi connectivity index (χ0) is 11.5. The summed E-state index contributed by atoms with van der Waals surface area (Å²) in [6.07, 6.45) is 4.07. The minimum atomic E-state index is 0.440. The van der Waals surface area contributed by atoms with Crippen LogP contribution in [0.15, 0.2) is 10.7 Å². The van der Waals surface area contributed by atoms with Gasteiger partial charge >= 0.3 is 0 Å².